The van der Waals surface area contributed by atoms with Gasteiger partial charge in [0.1, 0.15) is 30.7 Å². The molecule has 0 bridgehead atoms. The van der Waals surface area contributed by atoms with Crippen molar-refractivity contribution < 1.29 is 71.4 Å². The minimum atomic E-state index is -5.43. The van der Waals surface area contributed by atoms with Gasteiger partial charge in [0.15, 0.2) is 12.3 Å². The van der Waals surface area contributed by atoms with Crippen LogP contribution in [0.1, 0.15) is 143 Å². The van der Waals surface area contributed by atoms with E-state index in [4.69, 9.17) is 29.0 Å². The summed E-state index contributed by atoms with van der Waals surface area (Å²) in [7, 11) is -10.9. The molecule has 2 heterocycles. The van der Waals surface area contributed by atoms with E-state index >= 15 is 0 Å². The van der Waals surface area contributed by atoms with Crippen LogP contribution in [0.15, 0.2) is 53.5 Å². The lowest BCUT2D eigenvalue weighted by molar-refractivity contribution is -0.161. The smallest absolute Gasteiger partial charge is 0.462 e. The van der Waals surface area contributed by atoms with Crippen molar-refractivity contribution in [1.82, 2.24) is 9.55 Å². The van der Waals surface area contributed by atoms with Crippen molar-refractivity contribution in [1.29, 1.82) is 0 Å². The zero-order chi connectivity index (χ0) is 47.4. The summed E-state index contributed by atoms with van der Waals surface area (Å²) in [5.74, 6) is -0.669. The number of rotatable bonds is 35. The Hall–Kier alpha value is -3.06. The van der Waals surface area contributed by atoms with Gasteiger partial charge in [-0.15, -0.1) is 0 Å². The van der Waals surface area contributed by atoms with Gasteiger partial charge >= 0.3 is 33.3 Å². The van der Waals surface area contributed by atoms with E-state index in [1.165, 1.54) is 25.3 Å². The highest BCUT2D eigenvalue weighted by Crippen LogP contribution is 2.60. The maximum atomic E-state index is 12.8. The van der Waals surface area contributed by atoms with Gasteiger partial charge in [-0.1, -0.05) is 121 Å². The Kier molecular flexibility index (Phi) is 28.3. The average molecular weight is 950 g/mol. The van der Waals surface area contributed by atoms with Gasteiger partial charge in [0.05, 0.1) is 19.3 Å². The largest absolute Gasteiger partial charge is 0.481 e. The van der Waals surface area contributed by atoms with Crippen molar-refractivity contribution in [2.45, 2.75) is 173 Å². The van der Waals surface area contributed by atoms with Crippen molar-refractivity contribution in [3.63, 3.8) is 0 Å². The van der Waals surface area contributed by atoms with Crippen LogP contribution < -0.4 is 11.4 Å². The molecule has 19 nitrogen and oxygen atoms in total. The first-order chi connectivity index (χ1) is 30.4. The van der Waals surface area contributed by atoms with E-state index in [0.29, 0.717) is 25.2 Å². The number of aromatic nitrogens is 2. The summed E-state index contributed by atoms with van der Waals surface area (Å²) in [6.07, 6.45) is 18.9. The second-order valence-corrected chi connectivity index (χ2v) is 19.2. The molecule has 8 atom stereocenters. The van der Waals surface area contributed by atoms with Crippen LogP contribution in [-0.2, 0) is 46.3 Å². The number of nitrogens with zero attached hydrogens (tertiary/aromatic N) is 2. The second-order valence-electron chi connectivity index (χ2n) is 16.2. The number of phosphoric ester groups is 2. The number of hydrogen-bond acceptors (Lipinski definition) is 16. The lowest BCUT2D eigenvalue weighted by atomic mass is 10.0. The number of esters is 2. The van der Waals surface area contributed by atoms with Crippen LogP contribution in [0.4, 0.5) is 5.82 Å². The molecular weight excluding hydrogens is 876 g/mol. The molecule has 0 saturated carbocycles. The second kappa shape index (κ2) is 31.8. The van der Waals surface area contributed by atoms with Gasteiger partial charge in [-0.2, -0.15) is 9.29 Å². The number of carbonyl (C=O) groups is 2. The van der Waals surface area contributed by atoms with E-state index in [1.807, 2.05) is 37.3 Å². The third kappa shape index (κ3) is 25.6. The number of allylic oxidation sites excluding steroid dienone is 4. The molecule has 3 unspecified atom stereocenters. The molecule has 21 heteroatoms. The van der Waals surface area contributed by atoms with Gasteiger partial charge < -0.3 is 45.1 Å². The summed E-state index contributed by atoms with van der Waals surface area (Å²) >= 11 is 0. The Morgan fingerprint density at radius 2 is 1.48 bits per heavy atom. The van der Waals surface area contributed by atoms with Crippen molar-refractivity contribution in [2.75, 3.05) is 25.6 Å². The Bertz CT molecular complexity index is 1740. The predicted octanol–water partition coefficient (Wildman–Crippen LogP) is 6.88. The first-order valence-corrected chi connectivity index (χ1v) is 25.5. The van der Waals surface area contributed by atoms with Crippen molar-refractivity contribution >= 4 is 33.4 Å². The van der Waals surface area contributed by atoms with E-state index in [-0.39, 0.29) is 18.7 Å². The number of carbonyl (C=O) groups excluding carboxylic acids is 2. The molecule has 1 fully saturated rings. The highest BCUT2D eigenvalue weighted by atomic mass is 31.3. The molecule has 0 radical (unpaired) electrons. The first-order valence-electron chi connectivity index (χ1n) is 22.5. The van der Waals surface area contributed by atoms with Gasteiger partial charge in [-0.25, -0.2) is 13.9 Å². The topological polar surface area (TPSA) is 286 Å². The van der Waals surface area contributed by atoms with Crippen LogP contribution >= 0.6 is 15.6 Å². The molecule has 1 aromatic rings. The number of anilines is 1. The van der Waals surface area contributed by atoms with E-state index in [2.05, 4.69) is 23.1 Å². The fourth-order valence-electron chi connectivity index (χ4n) is 6.47. The summed E-state index contributed by atoms with van der Waals surface area (Å²) in [6, 6.07) is 1.24. The summed E-state index contributed by atoms with van der Waals surface area (Å²) in [6.45, 7) is 4.10. The summed E-state index contributed by atoms with van der Waals surface area (Å²) in [4.78, 5) is 61.6. The van der Waals surface area contributed by atoms with Gasteiger partial charge in [0.2, 0.25) is 0 Å². The number of aliphatic hydroxyl groups excluding tert-OH is 3. The van der Waals surface area contributed by atoms with Crippen molar-refractivity contribution in [2.24, 2.45) is 5.92 Å². The lowest BCUT2D eigenvalue weighted by Crippen LogP contribution is -2.36. The minimum Gasteiger partial charge on any atom is -0.462 e. The highest BCUT2D eigenvalue weighted by Gasteiger charge is 2.46. The molecule has 1 saturated heterocycles. The molecule has 7 N–H and O–H groups in total. The van der Waals surface area contributed by atoms with Crippen LogP contribution in [0.3, 0.4) is 0 Å². The quantitative estimate of drug-likeness (QED) is 0.0133. The maximum absolute atomic E-state index is 12.8. The zero-order valence-electron chi connectivity index (χ0n) is 37.6. The third-order valence-electron chi connectivity index (χ3n) is 10.00. The third-order valence-corrected chi connectivity index (χ3v) is 12.6. The molecule has 0 amide bonds. The number of aliphatic hydroxyl groups is 3. The Balaban J connectivity index is 1.86. The normalized spacial score (nSPS) is 20.8. The maximum Gasteiger partial charge on any atom is 0.481 e. The molecule has 0 spiro atoms. The molecule has 64 heavy (non-hydrogen) atoms. The fourth-order valence-corrected chi connectivity index (χ4v) is 8.58. The number of hydrogen-bond donors (Lipinski definition) is 6. The van der Waals surface area contributed by atoms with E-state index in [9.17, 15) is 48.6 Å². The Morgan fingerprint density at radius 3 is 2.14 bits per heavy atom. The number of nitrogens with two attached hydrogens (primary N) is 1. The zero-order valence-corrected chi connectivity index (χ0v) is 39.4. The van der Waals surface area contributed by atoms with Crippen molar-refractivity contribution in [3.05, 3.63) is 59.2 Å². The average Bonchev–Trinajstić information content (AvgIpc) is 3.50. The van der Waals surface area contributed by atoms with Gasteiger partial charge in [-0.3, -0.25) is 23.2 Å². The molecule has 366 valence electrons. The monoisotopic (exact) mass is 949 g/mol. The Morgan fingerprint density at radius 1 is 0.859 bits per heavy atom. The van der Waals surface area contributed by atoms with Gasteiger partial charge in [0.25, 0.3) is 0 Å². The summed E-state index contributed by atoms with van der Waals surface area (Å²) in [5.41, 5.74) is 4.57. The van der Waals surface area contributed by atoms with E-state index < -0.39 is 89.8 Å². The van der Waals surface area contributed by atoms with Crippen LogP contribution in [0.5, 0.6) is 0 Å². The molecule has 1 aromatic heterocycles. The van der Waals surface area contributed by atoms with Crippen molar-refractivity contribution in [3.8, 4) is 0 Å². The highest BCUT2D eigenvalue weighted by molar-refractivity contribution is 7.61. The van der Waals surface area contributed by atoms with Gasteiger partial charge in [0, 0.05) is 19.0 Å². The van der Waals surface area contributed by atoms with Crippen LogP contribution in [0.25, 0.3) is 0 Å². The Labute approximate surface area is 377 Å². The minimum absolute atomic E-state index is 0.00345. The van der Waals surface area contributed by atoms with Crippen LogP contribution in [0.2, 0.25) is 0 Å². The predicted molar refractivity (Wildman–Crippen MR) is 239 cm³/mol. The summed E-state index contributed by atoms with van der Waals surface area (Å²) in [5, 5.41) is 30.7. The lowest BCUT2D eigenvalue weighted by Gasteiger charge is -2.21. The number of nitrogen functional groups attached to an aromatic ring is 1. The van der Waals surface area contributed by atoms with Crippen LogP contribution in [-0.4, -0.2) is 96.9 Å². The van der Waals surface area contributed by atoms with Crippen LogP contribution in [0, 0.1) is 5.92 Å². The molecular formula is C43H73N3O16P2. The molecule has 1 aliphatic heterocycles. The standard InChI is InChI=1S/C43H73N3O16P2/c1-4-5-18-24-34(47)25-20-15-11-7-6-8-12-17-22-27-39(49)60-35(30-57-38(48)26-21-16-13-9-10-14-19-23-33(2)3)31-58-63(53,54)62-64(55,56)59-32-36-40(50)41(51)42(61-36)46-29-28-37(44)45-43(46)52/h5,11,15,18,20,25,28-29,33-36,40-42,47,50-51H,4,6-10,12-14,16-17,19,21-24,26-27,30-32H2,1-3H3,(H,53,54)(H,55,56)(H2,44,45,52)/b15-11+,18-5+,25-20+/t34?,35-,36-,40-,41-,42-/m1/s1. The van der Waals surface area contributed by atoms with E-state index in [1.54, 1.807) is 6.08 Å². The SMILES string of the molecule is CC/C=C/CC(O)/C=C/C=C/CCCCCCCC(=O)O[C@H](COC(=O)CCCCCCCCCC(C)C)COP(=O)(O)OP(=O)(O)OC[C@H]1O[C@@H](n2ccc(N)nc2=O)[C@H](O)[C@@H]1O. The number of phosphoric acid groups is 2. The molecule has 2 rings (SSSR count). The number of ether oxygens (including phenoxy) is 3. The molecule has 0 aliphatic carbocycles. The molecule has 1 aliphatic rings. The first kappa shape index (κ1) is 57.1. The fraction of sp³-hybridized carbons (Fsp3) is 0.721. The van der Waals surface area contributed by atoms with Gasteiger partial charge in [-0.05, 0) is 50.5 Å². The molecule has 0 aromatic carbocycles. The number of unbranched alkanes of at least 4 members (excludes halogenated alkanes) is 11. The van der Waals surface area contributed by atoms with E-state index in [0.717, 1.165) is 75.0 Å². The summed E-state index contributed by atoms with van der Waals surface area (Å²) < 4.78 is 56.5.